The summed E-state index contributed by atoms with van der Waals surface area (Å²) in [6.45, 7) is 7.59. The fraction of sp³-hybridized carbons (Fsp3) is 0.412. The van der Waals surface area contributed by atoms with Crippen LogP contribution >= 0.6 is 27.3 Å². The summed E-state index contributed by atoms with van der Waals surface area (Å²) in [4.78, 5) is 2.80. The molecule has 1 unspecified atom stereocenters. The van der Waals surface area contributed by atoms with Gasteiger partial charge in [0.15, 0.2) is 0 Å². The molecule has 0 aliphatic carbocycles. The molecule has 108 valence electrons. The molecule has 20 heavy (non-hydrogen) atoms. The molecule has 1 atom stereocenters. The number of benzene rings is 1. The van der Waals surface area contributed by atoms with Gasteiger partial charge in [0.05, 0.1) is 0 Å². The van der Waals surface area contributed by atoms with Crippen molar-refractivity contribution in [3.05, 3.63) is 45.2 Å². The Labute approximate surface area is 134 Å². The molecule has 0 aliphatic heterocycles. The van der Waals surface area contributed by atoms with Crippen LogP contribution in [-0.4, -0.2) is 6.54 Å². The van der Waals surface area contributed by atoms with Crippen LogP contribution in [0.25, 0.3) is 10.4 Å². The van der Waals surface area contributed by atoms with Crippen molar-refractivity contribution < 1.29 is 0 Å². The molecule has 0 fully saturated rings. The third-order valence-electron chi connectivity index (χ3n) is 3.44. The fourth-order valence-corrected chi connectivity index (χ4v) is 3.73. The van der Waals surface area contributed by atoms with E-state index in [1.807, 2.05) is 11.3 Å². The van der Waals surface area contributed by atoms with Gasteiger partial charge < -0.3 is 5.32 Å². The lowest BCUT2D eigenvalue weighted by Crippen LogP contribution is -2.19. The number of rotatable bonds is 6. The average molecular weight is 352 g/mol. The molecule has 1 aromatic heterocycles. The third-order valence-corrected chi connectivity index (χ3v) is 5.58. The Bertz CT molecular complexity index is 556. The van der Waals surface area contributed by atoms with Crippen LogP contribution in [0.15, 0.2) is 34.8 Å². The minimum atomic E-state index is 0.500. The predicted octanol–water partition coefficient (Wildman–Crippen LogP) is 5.94. The molecular formula is C17H22BrNS. The van der Waals surface area contributed by atoms with Crippen molar-refractivity contribution >= 4 is 27.3 Å². The van der Waals surface area contributed by atoms with E-state index < -0.39 is 0 Å². The number of thiophene rings is 1. The van der Waals surface area contributed by atoms with Crippen LogP contribution in [0.3, 0.4) is 0 Å². The lowest BCUT2D eigenvalue weighted by Gasteiger charge is -2.15. The Hall–Kier alpha value is -0.640. The van der Waals surface area contributed by atoms with Crippen molar-refractivity contribution in [3.8, 4) is 10.4 Å². The van der Waals surface area contributed by atoms with Crippen molar-refractivity contribution in [1.29, 1.82) is 0 Å². The number of nitrogens with one attached hydrogen (secondary N) is 1. The second-order valence-corrected chi connectivity index (χ2v) is 7.03. The predicted molar refractivity (Wildman–Crippen MR) is 93.5 cm³/mol. The van der Waals surface area contributed by atoms with Crippen LogP contribution < -0.4 is 5.32 Å². The van der Waals surface area contributed by atoms with Crippen molar-refractivity contribution in [1.82, 2.24) is 5.32 Å². The van der Waals surface area contributed by atoms with Gasteiger partial charge in [0, 0.05) is 20.3 Å². The third kappa shape index (κ3) is 3.72. The Morgan fingerprint density at radius 3 is 2.65 bits per heavy atom. The Kier molecular flexibility index (Phi) is 5.82. The van der Waals surface area contributed by atoms with Crippen molar-refractivity contribution in [3.63, 3.8) is 0 Å². The highest BCUT2D eigenvalue weighted by Crippen LogP contribution is 2.34. The lowest BCUT2D eigenvalue weighted by molar-refractivity contribution is 0.516. The summed E-state index contributed by atoms with van der Waals surface area (Å²) in [5, 5.41) is 3.59. The van der Waals surface area contributed by atoms with Gasteiger partial charge in [-0.25, -0.2) is 0 Å². The van der Waals surface area contributed by atoms with Crippen LogP contribution in [0.4, 0.5) is 0 Å². The maximum atomic E-state index is 3.59. The van der Waals surface area contributed by atoms with Gasteiger partial charge in [0.2, 0.25) is 0 Å². The molecule has 0 saturated carbocycles. The van der Waals surface area contributed by atoms with E-state index in [0.717, 1.165) is 6.54 Å². The summed E-state index contributed by atoms with van der Waals surface area (Å²) >= 11 is 5.48. The van der Waals surface area contributed by atoms with Crippen LogP contribution in [0, 0.1) is 6.92 Å². The summed E-state index contributed by atoms with van der Waals surface area (Å²) in [6.07, 6.45) is 2.41. The van der Waals surface area contributed by atoms with E-state index in [9.17, 15) is 0 Å². The molecule has 0 bridgehead atoms. The molecule has 0 radical (unpaired) electrons. The lowest BCUT2D eigenvalue weighted by atomic mass is 10.1. The molecule has 2 rings (SSSR count). The Balaban J connectivity index is 2.24. The average Bonchev–Trinajstić information content (AvgIpc) is 2.91. The molecule has 3 heteroatoms. The van der Waals surface area contributed by atoms with Gasteiger partial charge in [-0.15, -0.1) is 11.3 Å². The van der Waals surface area contributed by atoms with E-state index in [1.165, 1.54) is 38.2 Å². The van der Waals surface area contributed by atoms with Gasteiger partial charge in [0.1, 0.15) is 0 Å². The molecule has 1 heterocycles. The van der Waals surface area contributed by atoms with Gasteiger partial charge in [0.25, 0.3) is 0 Å². The molecule has 0 saturated heterocycles. The Morgan fingerprint density at radius 2 is 2.00 bits per heavy atom. The quantitative estimate of drug-likeness (QED) is 0.679. The highest BCUT2D eigenvalue weighted by Gasteiger charge is 2.12. The Morgan fingerprint density at radius 1 is 1.20 bits per heavy atom. The van der Waals surface area contributed by atoms with E-state index in [0.29, 0.717) is 6.04 Å². The zero-order valence-electron chi connectivity index (χ0n) is 12.4. The smallest absolute Gasteiger partial charge is 0.0414 e. The SMILES string of the molecule is CCCC(NCC)c1ccc(-c2ccc(Br)c(C)c2)s1. The zero-order chi connectivity index (χ0) is 14.5. The molecule has 1 nitrogen and oxygen atoms in total. The standard InChI is InChI=1S/C17H22BrNS/c1-4-6-15(19-5-2)17-10-9-16(20-17)13-7-8-14(18)12(3)11-13/h7-11,15,19H,4-6H2,1-3H3. The van der Waals surface area contributed by atoms with Gasteiger partial charge >= 0.3 is 0 Å². The van der Waals surface area contributed by atoms with Gasteiger partial charge in [-0.2, -0.15) is 0 Å². The number of hydrogen-bond acceptors (Lipinski definition) is 2. The van der Waals surface area contributed by atoms with Crippen molar-refractivity contribution in [2.45, 2.75) is 39.7 Å². The first-order valence-corrected chi connectivity index (χ1v) is 8.86. The van der Waals surface area contributed by atoms with Crippen LogP contribution in [0.1, 0.15) is 43.2 Å². The number of aryl methyl sites for hydroxylation is 1. The minimum Gasteiger partial charge on any atom is -0.310 e. The molecular weight excluding hydrogens is 330 g/mol. The van der Waals surface area contributed by atoms with Crippen LogP contribution in [0.2, 0.25) is 0 Å². The van der Waals surface area contributed by atoms with Crippen LogP contribution in [0.5, 0.6) is 0 Å². The maximum Gasteiger partial charge on any atom is 0.0414 e. The first-order chi connectivity index (χ1) is 9.65. The first kappa shape index (κ1) is 15.7. The molecule has 0 amide bonds. The maximum absolute atomic E-state index is 3.59. The number of halogens is 1. The second kappa shape index (κ2) is 7.39. The normalized spacial score (nSPS) is 12.6. The van der Waals surface area contributed by atoms with E-state index in [2.05, 4.69) is 72.3 Å². The van der Waals surface area contributed by atoms with Crippen LogP contribution in [-0.2, 0) is 0 Å². The van der Waals surface area contributed by atoms with E-state index >= 15 is 0 Å². The van der Waals surface area contributed by atoms with Gasteiger partial charge in [-0.1, -0.05) is 42.3 Å². The van der Waals surface area contributed by atoms with E-state index in [-0.39, 0.29) is 0 Å². The summed E-state index contributed by atoms with van der Waals surface area (Å²) < 4.78 is 1.18. The topological polar surface area (TPSA) is 12.0 Å². The second-order valence-electron chi connectivity index (χ2n) is 5.06. The largest absolute Gasteiger partial charge is 0.310 e. The minimum absolute atomic E-state index is 0.500. The van der Waals surface area contributed by atoms with E-state index in [4.69, 9.17) is 0 Å². The number of hydrogen-bond donors (Lipinski definition) is 1. The van der Waals surface area contributed by atoms with Crippen molar-refractivity contribution in [2.75, 3.05) is 6.54 Å². The van der Waals surface area contributed by atoms with E-state index in [1.54, 1.807) is 0 Å². The van der Waals surface area contributed by atoms with Gasteiger partial charge in [-0.05, 0) is 55.3 Å². The summed E-state index contributed by atoms with van der Waals surface area (Å²) in [6, 6.07) is 11.6. The zero-order valence-corrected chi connectivity index (χ0v) is 14.8. The summed E-state index contributed by atoms with van der Waals surface area (Å²) in [7, 11) is 0. The van der Waals surface area contributed by atoms with Crippen molar-refractivity contribution in [2.24, 2.45) is 0 Å². The highest BCUT2D eigenvalue weighted by molar-refractivity contribution is 9.10. The fourth-order valence-electron chi connectivity index (χ4n) is 2.37. The molecule has 1 aromatic carbocycles. The monoisotopic (exact) mass is 351 g/mol. The van der Waals surface area contributed by atoms with Gasteiger partial charge in [-0.3, -0.25) is 0 Å². The molecule has 0 spiro atoms. The summed E-state index contributed by atoms with van der Waals surface area (Å²) in [5.41, 5.74) is 2.60. The molecule has 1 N–H and O–H groups in total. The molecule has 2 aromatic rings. The summed E-state index contributed by atoms with van der Waals surface area (Å²) in [5.74, 6) is 0. The molecule has 0 aliphatic rings. The highest BCUT2D eigenvalue weighted by atomic mass is 79.9. The first-order valence-electron chi connectivity index (χ1n) is 7.25.